The molecular weight excluding hydrogens is 236 g/mol. The average Bonchev–Trinajstić information content (AvgIpc) is 2.85. The van der Waals surface area contributed by atoms with Gasteiger partial charge in [-0.2, -0.15) is 0 Å². The van der Waals surface area contributed by atoms with Crippen molar-refractivity contribution in [3.05, 3.63) is 60.4 Å². The third-order valence-electron chi connectivity index (χ3n) is 3.38. The van der Waals surface area contributed by atoms with Crippen LogP contribution in [-0.4, -0.2) is 11.5 Å². The third kappa shape index (κ3) is 1.98. The van der Waals surface area contributed by atoms with Crippen LogP contribution in [0.25, 0.3) is 16.6 Å². The first kappa shape index (κ1) is 11.8. The van der Waals surface area contributed by atoms with Crippen LogP contribution < -0.4 is 10.5 Å². The minimum absolute atomic E-state index is 0.513. The van der Waals surface area contributed by atoms with E-state index in [0.717, 1.165) is 22.5 Å². The number of benzene rings is 1. The predicted molar refractivity (Wildman–Crippen MR) is 77.3 cm³/mol. The van der Waals surface area contributed by atoms with Gasteiger partial charge in [-0.3, -0.25) is 0 Å². The first-order valence-electron chi connectivity index (χ1n) is 6.27. The Morgan fingerprint density at radius 1 is 1.11 bits per heavy atom. The van der Waals surface area contributed by atoms with Crippen LogP contribution >= 0.6 is 0 Å². The minimum Gasteiger partial charge on any atom is -0.497 e. The van der Waals surface area contributed by atoms with Crippen LogP contribution in [0, 0.1) is 0 Å². The number of fused-ring (bicyclic) bond motifs is 1. The number of hydrogen-bond acceptors (Lipinski definition) is 2. The second kappa shape index (κ2) is 4.78. The summed E-state index contributed by atoms with van der Waals surface area (Å²) in [5.41, 5.74) is 10.5. The van der Waals surface area contributed by atoms with Crippen LogP contribution in [0.5, 0.6) is 5.75 Å². The van der Waals surface area contributed by atoms with E-state index in [2.05, 4.69) is 28.7 Å². The molecule has 19 heavy (non-hydrogen) atoms. The molecule has 96 valence electrons. The smallest absolute Gasteiger partial charge is 0.118 e. The van der Waals surface area contributed by atoms with Crippen LogP contribution in [0.15, 0.2) is 54.7 Å². The van der Waals surface area contributed by atoms with E-state index in [9.17, 15) is 0 Å². The summed E-state index contributed by atoms with van der Waals surface area (Å²) in [6.45, 7) is 0.513. The summed E-state index contributed by atoms with van der Waals surface area (Å²) >= 11 is 0. The fraction of sp³-hybridized carbons (Fsp3) is 0.125. The molecule has 0 saturated heterocycles. The maximum atomic E-state index is 5.91. The molecule has 0 aliphatic carbocycles. The number of methoxy groups -OCH3 is 1. The van der Waals surface area contributed by atoms with Gasteiger partial charge in [-0.05, 0) is 35.9 Å². The number of rotatable bonds is 3. The Morgan fingerprint density at radius 3 is 2.58 bits per heavy atom. The summed E-state index contributed by atoms with van der Waals surface area (Å²) in [5, 5.41) is 0. The molecule has 0 amide bonds. The van der Waals surface area contributed by atoms with Crippen LogP contribution in [-0.2, 0) is 6.54 Å². The van der Waals surface area contributed by atoms with Crippen molar-refractivity contribution in [1.29, 1.82) is 0 Å². The second-order valence-electron chi connectivity index (χ2n) is 4.43. The number of ether oxygens (including phenoxy) is 1. The third-order valence-corrected chi connectivity index (χ3v) is 3.38. The Morgan fingerprint density at radius 2 is 1.89 bits per heavy atom. The lowest BCUT2D eigenvalue weighted by atomic mass is 10.1. The Kier molecular flexibility index (Phi) is 2.97. The van der Waals surface area contributed by atoms with Crippen molar-refractivity contribution in [1.82, 2.24) is 4.40 Å². The molecule has 2 N–H and O–H groups in total. The molecule has 2 heterocycles. The lowest BCUT2D eigenvalue weighted by Crippen LogP contribution is -2.02. The van der Waals surface area contributed by atoms with Crippen molar-refractivity contribution >= 4 is 5.52 Å². The van der Waals surface area contributed by atoms with Crippen molar-refractivity contribution < 1.29 is 4.74 Å². The molecule has 3 nitrogen and oxygen atoms in total. The molecule has 0 atom stereocenters. The van der Waals surface area contributed by atoms with Crippen molar-refractivity contribution in [2.24, 2.45) is 5.73 Å². The quantitative estimate of drug-likeness (QED) is 0.778. The monoisotopic (exact) mass is 252 g/mol. The molecule has 0 spiro atoms. The highest BCUT2D eigenvalue weighted by molar-refractivity contribution is 5.74. The van der Waals surface area contributed by atoms with E-state index in [4.69, 9.17) is 10.5 Å². The van der Waals surface area contributed by atoms with Gasteiger partial charge in [0.1, 0.15) is 5.75 Å². The van der Waals surface area contributed by atoms with E-state index in [1.165, 1.54) is 5.56 Å². The molecule has 0 fully saturated rings. The molecular formula is C16H16N2O. The molecule has 0 bridgehead atoms. The predicted octanol–water partition coefficient (Wildman–Crippen LogP) is 3.07. The van der Waals surface area contributed by atoms with Gasteiger partial charge >= 0.3 is 0 Å². The Balaban J connectivity index is 2.17. The van der Waals surface area contributed by atoms with E-state index in [1.54, 1.807) is 7.11 Å². The van der Waals surface area contributed by atoms with Crippen molar-refractivity contribution in [3.8, 4) is 16.9 Å². The Hall–Kier alpha value is -2.26. The fourth-order valence-corrected chi connectivity index (χ4v) is 2.41. The zero-order valence-electron chi connectivity index (χ0n) is 10.8. The van der Waals surface area contributed by atoms with Crippen LogP contribution in [0.2, 0.25) is 0 Å². The average molecular weight is 252 g/mol. The summed E-state index contributed by atoms with van der Waals surface area (Å²) in [6, 6.07) is 16.4. The van der Waals surface area contributed by atoms with Gasteiger partial charge in [0.2, 0.25) is 0 Å². The molecule has 0 aliphatic rings. The SMILES string of the molecule is COc1ccc(-c2cc3ccccn3c2CN)cc1. The molecule has 3 rings (SSSR count). The zero-order valence-corrected chi connectivity index (χ0v) is 10.8. The molecule has 0 unspecified atom stereocenters. The van der Waals surface area contributed by atoms with Gasteiger partial charge in [-0.25, -0.2) is 0 Å². The highest BCUT2D eigenvalue weighted by Crippen LogP contribution is 2.28. The topological polar surface area (TPSA) is 39.7 Å². The molecule has 3 aromatic rings. The van der Waals surface area contributed by atoms with Gasteiger partial charge in [-0.15, -0.1) is 0 Å². The largest absolute Gasteiger partial charge is 0.497 e. The standard InChI is InChI=1S/C16H16N2O/c1-19-14-7-5-12(6-8-14)15-10-13-4-2-3-9-18(13)16(15)11-17/h2-10H,11,17H2,1H3. The molecule has 0 aliphatic heterocycles. The summed E-state index contributed by atoms with van der Waals surface area (Å²) in [6.07, 6.45) is 2.05. The number of nitrogens with two attached hydrogens (primary N) is 1. The summed E-state index contributed by atoms with van der Waals surface area (Å²) in [7, 11) is 1.67. The van der Waals surface area contributed by atoms with Crippen LogP contribution in [0.1, 0.15) is 5.69 Å². The number of nitrogens with zero attached hydrogens (tertiary/aromatic N) is 1. The normalized spacial score (nSPS) is 10.8. The van der Waals surface area contributed by atoms with E-state index in [0.29, 0.717) is 6.54 Å². The lowest BCUT2D eigenvalue weighted by Gasteiger charge is -2.05. The lowest BCUT2D eigenvalue weighted by molar-refractivity contribution is 0.415. The van der Waals surface area contributed by atoms with Crippen LogP contribution in [0.3, 0.4) is 0 Å². The fourth-order valence-electron chi connectivity index (χ4n) is 2.41. The summed E-state index contributed by atoms with van der Waals surface area (Å²) < 4.78 is 7.33. The van der Waals surface area contributed by atoms with E-state index >= 15 is 0 Å². The number of pyridine rings is 1. The molecule has 0 saturated carbocycles. The van der Waals surface area contributed by atoms with Gasteiger partial charge in [-0.1, -0.05) is 18.2 Å². The summed E-state index contributed by atoms with van der Waals surface area (Å²) in [5.74, 6) is 0.863. The van der Waals surface area contributed by atoms with Gasteiger partial charge in [0, 0.05) is 29.5 Å². The maximum absolute atomic E-state index is 5.91. The molecule has 3 heteroatoms. The van der Waals surface area contributed by atoms with E-state index in [1.807, 2.05) is 30.5 Å². The van der Waals surface area contributed by atoms with Crippen molar-refractivity contribution in [2.45, 2.75) is 6.54 Å². The second-order valence-corrected chi connectivity index (χ2v) is 4.43. The molecule has 0 radical (unpaired) electrons. The Bertz CT molecular complexity index is 698. The van der Waals surface area contributed by atoms with Gasteiger partial charge in [0.05, 0.1) is 7.11 Å². The van der Waals surface area contributed by atoms with E-state index in [-0.39, 0.29) is 0 Å². The van der Waals surface area contributed by atoms with Gasteiger partial charge < -0.3 is 14.9 Å². The zero-order chi connectivity index (χ0) is 13.2. The summed E-state index contributed by atoms with van der Waals surface area (Å²) in [4.78, 5) is 0. The highest BCUT2D eigenvalue weighted by Gasteiger charge is 2.10. The minimum atomic E-state index is 0.513. The Labute approximate surface area is 112 Å². The molecule has 1 aromatic carbocycles. The van der Waals surface area contributed by atoms with Gasteiger partial charge in [0.15, 0.2) is 0 Å². The van der Waals surface area contributed by atoms with Crippen molar-refractivity contribution in [3.63, 3.8) is 0 Å². The first-order chi connectivity index (χ1) is 9.33. The van der Waals surface area contributed by atoms with Crippen molar-refractivity contribution in [2.75, 3.05) is 7.11 Å². The van der Waals surface area contributed by atoms with Crippen LogP contribution in [0.4, 0.5) is 0 Å². The maximum Gasteiger partial charge on any atom is 0.118 e. The van der Waals surface area contributed by atoms with Gasteiger partial charge in [0.25, 0.3) is 0 Å². The first-order valence-corrected chi connectivity index (χ1v) is 6.27. The number of hydrogen-bond donors (Lipinski definition) is 1. The number of aromatic nitrogens is 1. The highest BCUT2D eigenvalue weighted by atomic mass is 16.5. The molecule has 2 aromatic heterocycles. The van der Waals surface area contributed by atoms with E-state index < -0.39 is 0 Å².